The summed E-state index contributed by atoms with van der Waals surface area (Å²) in [5.41, 5.74) is 4.82. The maximum absolute atomic E-state index is 13.7. The van der Waals surface area contributed by atoms with Gasteiger partial charge in [0.25, 0.3) is 5.91 Å². The van der Waals surface area contributed by atoms with Gasteiger partial charge >= 0.3 is 0 Å². The van der Waals surface area contributed by atoms with E-state index in [9.17, 15) is 14.9 Å². The summed E-state index contributed by atoms with van der Waals surface area (Å²) in [5.74, 6) is -0.998. The largest absolute Gasteiger partial charge is 0.353 e. The van der Waals surface area contributed by atoms with Gasteiger partial charge in [-0.05, 0) is 67.4 Å². The molecule has 9 heteroatoms. The van der Waals surface area contributed by atoms with E-state index >= 15 is 0 Å². The molecule has 210 valence electrons. The Hall–Kier alpha value is -4.65. The third-order valence-corrected chi connectivity index (χ3v) is 8.91. The quantitative estimate of drug-likeness (QED) is 0.192. The molecule has 5 rings (SSSR count). The number of hydrogen-bond acceptors (Lipinski definition) is 7. The number of dihydropyridines is 1. The van der Waals surface area contributed by atoms with Gasteiger partial charge in [0.15, 0.2) is 0 Å². The number of aryl methyl sites for hydroxylation is 1. The summed E-state index contributed by atoms with van der Waals surface area (Å²) in [7, 11) is 0. The Kier molecular flexibility index (Phi) is 9.17. The number of nitrogens with zero attached hydrogens (tertiary/aromatic N) is 2. The molecule has 1 atom stereocenters. The number of pyridine rings is 1. The number of thiophene rings is 1. The molecule has 0 bridgehead atoms. The Morgan fingerprint density at radius 1 is 1.00 bits per heavy atom. The van der Waals surface area contributed by atoms with Crippen LogP contribution in [0.3, 0.4) is 0 Å². The van der Waals surface area contributed by atoms with E-state index in [-0.39, 0.29) is 17.6 Å². The first-order chi connectivity index (χ1) is 20.5. The molecule has 0 saturated heterocycles. The van der Waals surface area contributed by atoms with Crippen molar-refractivity contribution in [2.24, 2.45) is 0 Å². The molecular formula is C33H29N5O2S2. The van der Waals surface area contributed by atoms with Crippen molar-refractivity contribution in [1.82, 2.24) is 10.3 Å². The lowest BCUT2D eigenvalue weighted by Crippen LogP contribution is -2.30. The zero-order chi connectivity index (χ0) is 29.5. The van der Waals surface area contributed by atoms with Gasteiger partial charge in [0.1, 0.15) is 0 Å². The number of amides is 2. The van der Waals surface area contributed by atoms with Crippen molar-refractivity contribution in [3.63, 3.8) is 0 Å². The van der Waals surface area contributed by atoms with Gasteiger partial charge < -0.3 is 16.0 Å². The molecule has 0 fully saturated rings. The molecule has 1 aliphatic heterocycles. The Bertz CT molecular complexity index is 1700. The van der Waals surface area contributed by atoms with Gasteiger partial charge in [0.2, 0.25) is 5.91 Å². The number of nitrogens with one attached hydrogen (secondary N) is 3. The summed E-state index contributed by atoms with van der Waals surface area (Å²) in [6, 6.07) is 29.0. The molecule has 0 aliphatic carbocycles. The molecule has 2 aromatic heterocycles. The van der Waals surface area contributed by atoms with E-state index in [1.165, 1.54) is 23.1 Å². The molecule has 3 heterocycles. The Morgan fingerprint density at radius 2 is 1.79 bits per heavy atom. The summed E-state index contributed by atoms with van der Waals surface area (Å²) in [6.45, 7) is 3.89. The molecular weight excluding hydrogens is 563 g/mol. The lowest BCUT2D eigenvalue weighted by molar-refractivity contribution is -0.114. The SMILES string of the molecule is CCc1cccc(NC(=O)CSC2=C(C#N)C(c3ccc(-c4ccccn4)s3)C(C(=O)Nc3ccccc3)=C(C)N2)c1. The van der Waals surface area contributed by atoms with Crippen LogP contribution in [0, 0.1) is 11.3 Å². The maximum Gasteiger partial charge on any atom is 0.254 e. The summed E-state index contributed by atoms with van der Waals surface area (Å²) in [6.07, 6.45) is 2.61. The minimum Gasteiger partial charge on any atom is -0.353 e. The number of hydrogen-bond donors (Lipinski definition) is 3. The first kappa shape index (κ1) is 28.9. The van der Waals surface area contributed by atoms with Crippen LogP contribution in [-0.4, -0.2) is 22.6 Å². The van der Waals surface area contributed by atoms with Gasteiger partial charge in [-0.1, -0.05) is 55.1 Å². The van der Waals surface area contributed by atoms with E-state index in [1.807, 2.05) is 91.9 Å². The average Bonchev–Trinajstić information content (AvgIpc) is 3.51. The van der Waals surface area contributed by atoms with Crippen molar-refractivity contribution >= 4 is 46.3 Å². The van der Waals surface area contributed by atoms with Crippen molar-refractivity contribution < 1.29 is 9.59 Å². The predicted molar refractivity (Wildman–Crippen MR) is 171 cm³/mol. The molecule has 2 amide bonds. The van der Waals surface area contributed by atoms with E-state index in [0.717, 1.165) is 33.1 Å². The van der Waals surface area contributed by atoms with E-state index in [2.05, 4.69) is 33.9 Å². The summed E-state index contributed by atoms with van der Waals surface area (Å²) < 4.78 is 0. The molecule has 4 aromatic rings. The Labute approximate surface area is 253 Å². The second-order valence-electron chi connectivity index (χ2n) is 9.58. The molecule has 42 heavy (non-hydrogen) atoms. The summed E-state index contributed by atoms with van der Waals surface area (Å²) in [5, 5.41) is 20.2. The van der Waals surface area contributed by atoms with Gasteiger partial charge in [0.05, 0.1) is 38.9 Å². The minimum atomic E-state index is -0.616. The topological polar surface area (TPSA) is 107 Å². The summed E-state index contributed by atoms with van der Waals surface area (Å²) in [4.78, 5) is 32.8. The van der Waals surface area contributed by atoms with Crippen LogP contribution >= 0.6 is 23.1 Å². The third kappa shape index (κ3) is 6.62. The second-order valence-corrected chi connectivity index (χ2v) is 11.7. The Balaban J connectivity index is 1.45. The molecule has 7 nitrogen and oxygen atoms in total. The zero-order valence-electron chi connectivity index (χ0n) is 23.2. The fraction of sp³-hybridized carbons (Fsp3) is 0.152. The van der Waals surface area contributed by atoms with E-state index < -0.39 is 5.92 Å². The van der Waals surface area contributed by atoms with Crippen LogP contribution in [-0.2, 0) is 16.0 Å². The number of anilines is 2. The van der Waals surface area contributed by atoms with Gasteiger partial charge in [-0.25, -0.2) is 0 Å². The highest BCUT2D eigenvalue weighted by molar-refractivity contribution is 8.03. The van der Waals surface area contributed by atoms with Crippen LogP contribution in [0.2, 0.25) is 0 Å². The number of carbonyl (C=O) groups is 2. The minimum absolute atomic E-state index is 0.0963. The molecule has 0 spiro atoms. The molecule has 0 saturated carbocycles. The van der Waals surface area contributed by atoms with Gasteiger partial charge in [-0.2, -0.15) is 5.26 Å². The Morgan fingerprint density at radius 3 is 2.52 bits per heavy atom. The monoisotopic (exact) mass is 591 g/mol. The standard InChI is InChI=1S/C33H29N5O2S2/c1-3-22-10-9-13-24(18-22)37-29(39)20-41-33-25(19-34)31(28-16-15-27(42-28)26-14-7-8-17-35-26)30(21(2)36-33)32(40)38-23-11-5-4-6-12-23/h4-18,31,36H,3,20H2,1-2H3,(H,37,39)(H,38,40). The lowest BCUT2D eigenvalue weighted by Gasteiger charge is -2.29. The van der Waals surface area contributed by atoms with Crippen LogP contribution in [0.5, 0.6) is 0 Å². The zero-order valence-corrected chi connectivity index (χ0v) is 24.8. The number of thioether (sulfide) groups is 1. The maximum atomic E-state index is 13.7. The number of rotatable bonds is 9. The first-order valence-corrected chi connectivity index (χ1v) is 15.3. The number of allylic oxidation sites excluding steroid dienone is 2. The number of benzene rings is 2. The van der Waals surface area contributed by atoms with Crippen LogP contribution in [0.15, 0.2) is 113 Å². The molecule has 1 aliphatic rings. The number of aromatic nitrogens is 1. The molecule has 3 N–H and O–H groups in total. The van der Waals surface area contributed by atoms with Gasteiger partial charge in [-0.3, -0.25) is 14.6 Å². The number of carbonyl (C=O) groups excluding carboxylic acids is 2. The van der Waals surface area contributed by atoms with E-state index in [0.29, 0.717) is 27.6 Å². The summed E-state index contributed by atoms with van der Waals surface area (Å²) >= 11 is 2.75. The van der Waals surface area contributed by atoms with Crippen molar-refractivity contribution in [2.75, 3.05) is 16.4 Å². The van der Waals surface area contributed by atoms with Gasteiger partial charge in [-0.15, -0.1) is 11.3 Å². The van der Waals surface area contributed by atoms with Gasteiger partial charge in [0, 0.05) is 33.7 Å². The number of nitriles is 1. The highest BCUT2D eigenvalue weighted by atomic mass is 32.2. The first-order valence-electron chi connectivity index (χ1n) is 13.5. The van der Waals surface area contributed by atoms with Crippen LogP contribution in [0.4, 0.5) is 11.4 Å². The van der Waals surface area contributed by atoms with Crippen molar-refractivity contribution in [3.8, 4) is 16.6 Å². The van der Waals surface area contributed by atoms with Crippen LogP contribution in [0.1, 0.15) is 30.2 Å². The highest BCUT2D eigenvalue weighted by Crippen LogP contribution is 2.44. The van der Waals surface area contributed by atoms with Crippen LogP contribution < -0.4 is 16.0 Å². The van der Waals surface area contributed by atoms with E-state index in [1.54, 1.807) is 6.20 Å². The van der Waals surface area contributed by atoms with E-state index in [4.69, 9.17) is 0 Å². The van der Waals surface area contributed by atoms with Crippen molar-refractivity contribution in [3.05, 3.63) is 123 Å². The van der Waals surface area contributed by atoms with Crippen molar-refractivity contribution in [1.29, 1.82) is 5.26 Å². The normalized spacial score (nSPS) is 14.6. The number of para-hydroxylation sites is 1. The molecule has 0 radical (unpaired) electrons. The predicted octanol–water partition coefficient (Wildman–Crippen LogP) is 7.08. The van der Waals surface area contributed by atoms with Crippen molar-refractivity contribution in [2.45, 2.75) is 26.2 Å². The molecule has 2 aromatic carbocycles. The highest BCUT2D eigenvalue weighted by Gasteiger charge is 2.36. The third-order valence-electron chi connectivity index (χ3n) is 6.72. The smallest absolute Gasteiger partial charge is 0.254 e. The van der Waals surface area contributed by atoms with Crippen LogP contribution in [0.25, 0.3) is 10.6 Å². The lowest BCUT2D eigenvalue weighted by atomic mass is 9.86. The fourth-order valence-electron chi connectivity index (χ4n) is 4.69. The second kappa shape index (κ2) is 13.3. The molecule has 1 unspecified atom stereocenters. The average molecular weight is 592 g/mol. The fourth-order valence-corrected chi connectivity index (χ4v) is 6.69.